The molecule has 3 heterocycles. The molecule has 9 nitrogen and oxygen atoms in total. The molecule has 2 aliphatic rings. The maximum atomic E-state index is 12.2. The van der Waals surface area contributed by atoms with E-state index in [0.717, 1.165) is 49.1 Å². The molecule has 0 spiro atoms. The number of benzene rings is 1. The van der Waals surface area contributed by atoms with Gasteiger partial charge in [-0.3, -0.25) is 4.79 Å². The summed E-state index contributed by atoms with van der Waals surface area (Å²) in [7, 11) is 1.66. The van der Waals surface area contributed by atoms with Crippen LogP contribution in [0.15, 0.2) is 30.3 Å². The predicted octanol–water partition coefficient (Wildman–Crippen LogP) is 1.49. The number of ether oxygens (including phenoxy) is 2. The lowest BCUT2D eigenvalue weighted by molar-refractivity contribution is -0.131. The van der Waals surface area contributed by atoms with E-state index in [2.05, 4.69) is 9.80 Å². The van der Waals surface area contributed by atoms with Crippen LogP contribution in [0.25, 0.3) is 12.2 Å². The highest BCUT2D eigenvalue weighted by atomic mass is 16.5. The molecule has 0 bridgehead atoms. The van der Waals surface area contributed by atoms with Gasteiger partial charge < -0.3 is 29.9 Å². The molecule has 9 heteroatoms. The molecule has 0 aliphatic carbocycles. The first-order valence-electron chi connectivity index (χ1n) is 11.4. The lowest BCUT2D eigenvalue weighted by atomic mass is 10.2. The van der Waals surface area contributed by atoms with E-state index < -0.39 is 0 Å². The minimum absolute atomic E-state index is 0.122. The van der Waals surface area contributed by atoms with Crippen molar-refractivity contribution >= 4 is 29.7 Å². The van der Waals surface area contributed by atoms with Gasteiger partial charge in [0, 0.05) is 58.3 Å². The first kappa shape index (κ1) is 23.0. The molecule has 33 heavy (non-hydrogen) atoms. The van der Waals surface area contributed by atoms with Gasteiger partial charge in [0.1, 0.15) is 17.4 Å². The second kappa shape index (κ2) is 11.1. The second-order valence-electron chi connectivity index (χ2n) is 8.05. The maximum absolute atomic E-state index is 12.2. The molecule has 2 aliphatic heterocycles. The average Bonchev–Trinajstić information content (AvgIpc) is 2.88. The van der Waals surface area contributed by atoms with Crippen molar-refractivity contribution < 1.29 is 14.3 Å². The number of piperazine rings is 1. The van der Waals surface area contributed by atoms with E-state index in [0.29, 0.717) is 45.1 Å². The molecule has 1 aromatic carbocycles. The molecule has 0 saturated carbocycles. The molecule has 1 aromatic heterocycles. The van der Waals surface area contributed by atoms with Gasteiger partial charge in [0.15, 0.2) is 5.82 Å². The summed E-state index contributed by atoms with van der Waals surface area (Å²) in [6, 6.07) is 9.91. The minimum atomic E-state index is 0.122. The number of methoxy groups -OCH3 is 1. The van der Waals surface area contributed by atoms with Crippen LogP contribution in [-0.4, -0.2) is 86.9 Å². The van der Waals surface area contributed by atoms with Gasteiger partial charge in [0.05, 0.1) is 20.3 Å². The molecular weight excluding hydrogens is 420 g/mol. The van der Waals surface area contributed by atoms with Gasteiger partial charge in [-0.25, -0.2) is 9.97 Å². The van der Waals surface area contributed by atoms with Crippen LogP contribution < -0.4 is 20.3 Å². The number of hydrogen-bond acceptors (Lipinski definition) is 8. The highest BCUT2D eigenvalue weighted by Gasteiger charge is 2.23. The van der Waals surface area contributed by atoms with Crippen molar-refractivity contribution in [2.24, 2.45) is 5.73 Å². The first-order chi connectivity index (χ1) is 16.2. The molecular formula is C24H32N6O3. The van der Waals surface area contributed by atoms with Crippen molar-refractivity contribution in [2.45, 2.75) is 6.42 Å². The molecule has 2 N–H and O–H groups in total. The number of anilines is 2. The van der Waals surface area contributed by atoms with Crippen LogP contribution in [0.5, 0.6) is 5.75 Å². The topological polar surface area (TPSA) is 97.1 Å². The predicted molar refractivity (Wildman–Crippen MR) is 129 cm³/mol. The number of carbonyl (C=O) groups excluding carboxylic acids is 1. The number of nitrogens with two attached hydrogens (primary N) is 1. The molecule has 0 atom stereocenters. The molecule has 2 aromatic rings. The third-order valence-electron chi connectivity index (χ3n) is 5.91. The number of amides is 1. The van der Waals surface area contributed by atoms with E-state index in [4.69, 9.17) is 25.2 Å². The molecule has 2 saturated heterocycles. The third kappa shape index (κ3) is 6.00. The minimum Gasteiger partial charge on any atom is -0.497 e. The van der Waals surface area contributed by atoms with Crippen LogP contribution in [0.2, 0.25) is 0 Å². The Morgan fingerprint density at radius 3 is 2.24 bits per heavy atom. The fourth-order valence-electron chi connectivity index (χ4n) is 3.98. The Morgan fingerprint density at radius 2 is 1.64 bits per heavy atom. The van der Waals surface area contributed by atoms with Crippen LogP contribution in [0.4, 0.5) is 11.6 Å². The standard InChI is InChI=1S/C24H32N6O3/c1-32-20-5-2-19(3-6-20)4-7-21-26-22(18-23(27-21)29-14-16-33-17-15-29)28-10-12-30(13-11-28)24(31)8-9-25/h2-7,18H,8-17,25H2,1H3. The van der Waals surface area contributed by atoms with Gasteiger partial charge in [-0.15, -0.1) is 0 Å². The van der Waals surface area contributed by atoms with Gasteiger partial charge in [-0.2, -0.15) is 0 Å². The van der Waals surface area contributed by atoms with Crippen molar-refractivity contribution in [1.82, 2.24) is 14.9 Å². The Balaban J connectivity index is 1.54. The summed E-state index contributed by atoms with van der Waals surface area (Å²) in [4.78, 5) is 28.2. The number of hydrogen-bond donors (Lipinski definition) is 1. The summed E-state index contributed by atoms with van der Waals surface area (Å²) in [5.41, 5.74) is 6.59. The molecule has 4 rings (SSSR count). The maximum Gasteiger partial charge on any atom is 0.223 e. The van der Waals surface area contributed by atoms with Gasteiger partial charge in [-0.05, 0) is 23.8 Å². The zero-order valence-electron chi connectivity index (χ0n) is 19.2. The number of morpholine rings is 1. The number of aromatic nitrogens is 2. The summed E-state index contributed by atoms with van der Waals surface area (Å²) in [5, 5.41) is 0. The number of rotatable bonds is 7. The third-order valence-corrected chi connectivity index (χ3v) is 5.91. The zero-order valence-corrected chi connectivity index (χ0v) is 19.2. The van der Waals surface area contributed by atoms with E-state index in [9.17, 15) is 4.79 Å². The molecule has 1 amide bonds. The van der Waals surface area contributed by atoms with Crippen molar-refractivity contribution in [3.8, 4) is 5.75 Å². The smallest absolute Gasteiger partial charge is 0.223 e. The van der Waals surface area contributed by atoms with Crippen molar-refractivity contribution in [2.75, 3.05) is 75.9 Å². The summed E-state index contributed by atoms with van der Waals surface area (Å²) in [6.45, 7) is 6.20. The molecule has 176 valence electrons. The Labute approximate surface area is 194 Å². The van der Waals surface area contributed by atoms with Gasteiger partial charge in [-0.1, -0.05) is 18.2 Å². The normalized spacial score (nSPS) is 17.0. The fraction of sp³-hybridized carbons (Fsp3) is 0.458. The largest absolute Gasteiger partial charge is 0.497 e. The van der Waals surface area contributed by atoms with Crippen molar-refractivity contribution in [3.05, 3.63) is 41.7 Å². The Hall–Kier alpha value is -3.17. The van der Waals surface area contributed by atoms with Crippen LogP contribution in [0.3, 0.4) is 0 Å². The average molecular weight is 453 g/mol. The van der Waals surface area contributed by atoms with E-state index in [1.165, 1.54) is 0 Å². The van der Waals surface area contributed by atoms with Crippen molar-refractivity contribution in [1.29, 1.82) is 0 Å². The van der Waals surface area contributed by atoms with Crippen LogP contribution in [0, 0.1) is 0 Å². The zero-order chi connectivity index (χ0) is 23.0. The summed E-state index contributed by atoms with van der Waals surface area (Å²) >= 11 is 0. The summed E-state index contributed by atoms with van der Waals surface area (Å²) < 4.78 is 10.7. The van der Waals surface area contributed by atoms with Gasteiger partial charge in [0.2, 0.25) is 5.91 Å². The highest BCUT2D eigenvalue weighted by molar-refractivity contribution is 5.76. The Bertz CT molecular complexity index is 951. The summed E-state index contributed by atoms with van der Waals surface area (Å²) in [6.07, 6.45) is 4.34. The second-order valence-corrected chi connectivity index (χ2v) is 8.05. The Morgan fingerprint density at radius 1 is 1.00 bits per heavy atom. The number of nitrogens with zero attached hydrogens (tertiary/aromatic N) is 5. The highest BCUT2D eigenvalue weighted by Crippen LogP contribution is 2.23. The van der Waals surface area contributed by atoms with E-state index >= 15 is 0 Å². The quantitative estimate of drug-likeness (QED) is 0.675. The lowest BCUT2D eigenvalue weighted by Crippen LogP contribution is -2.49. The van der Waals surface area contributed by atoms with E-state index in [1.807, 2.05) is 47.4 Å². The SMILES string of the molecule is COc1ccc(C=Cc2nc(N3CCOCC3)cc(N3CCN(C(=O)CCN)CC3)n2)cc1. The van der Waals surface area contributed by atoms with Crippen LogP contribution in [0.1, 0.15) is 17.8 Å². The first-order valence-corrected chi connectivity index (χ1v) is 11.4. The van der Waals surface area contributed by atoms with E-state index in [1.54, 1.807) is 7.11 Å². The fourth-order valence-corrected chi connectivity index (χ4v) is 3.98. The molecule has 0 radical (unpaired) electrons. The summed E-state index contributed by atoms with van der Waals surface area (Å²) in [5.74, 6) is 3.39. The molecule has 2 fully saturated rings. The lowest BCUT2D eigenvalue weighted by Gasteiger charge is -2.36. The van der Waals surface area contributed by atoms with E-state index in [-0.39, 0.29) is 5.91 Å². The monoisotopic (exact) mass is 452 g/mol. The van der Waals surface area contributed by atoms with Crippen LogP contribution in [-0.2, 0) is 9.53 Å². The van der Waals surface area contributed by atoms with Gasteiger partial charge >= 0.3 is 0 Å². The Kier molecular flexibility index (Phi) is 7.74. The van der Waals surface area contributed by atoms with Crippen molar-refractivity contribution in [3.63, 3.8) is 0 Å². The molecule has 0 unspecified atom stereocenters. The number of carbonyl (C=O) groups is 1. The van der Waals surface area contributed by atoms with Gasteiger partial charge in [0.25, 0.3) is 0 Å². The van der Waals surface area contributed by atoms with Crippen LogP contribution >= 0.6 is 0 Å².